The van der Waals surface area contributed by atoms with Gasteiger partial charge in [-0.1, -0.05) is 54.1 Å². The van der Waals surface area contributed by atoms with Crippen LogP contribution < -0.4 is 15.5 Å². The third-order valence-corrected chi connectivity index (χ3v) is 6.24. The molecule has 1 aliphatic heterocycles. The maximum absolute atomic E-state index is 12.6. The van der Waals surface area contributed by atoms with Gasteiger partial charge in [0.15, 0.2) is 0 Å². The van der Waals surface area contributed by atoms with E-state index >= 15 is 0 Å². The number of rotatable bonds is 7. The van der Waals surface area contributed by atoms with Crippen molar-refractivity contribution < 1.29 is 9.59 Å². The van der Waals surface area contributed by atoms with Crippen molar-refractivity contribution in [3.8, 4) is 0 Å². The maximum atomic E-state index is 12.6. The Kier molecular flexibility index (Phi) is 8.04. The fourth-order valence-electron chi connectivity index (χ4n) is 4.00. The Morgan fingerprint density at radius 3 is 2.18 bits per heavy atom. The number of halogens is 1. The molecule has 176 valence electrons. The molecular weight excluding hydrogens is 448 g/mol. The van der Waals surface area contributed by atoms with Crippen LogP contribution in [0.25, 0.3) is 0 Å². The Labute approximate surface area is 205 Å². The van der Waals surface area contributed by atoms with E-state index in [2.05, 4.69) is 27.7 Å². The first-order valence-corrected chi connectivity index (χ1v) is 12.0. The summed E-state index contributed by atoms with van der Waals surface area (Å²) in [5.74, 6) is 0.0295. The molecule has 34 heavy (non-hydrogen) atoms. The molecule has 0 aromatic heterocycles. The average molecular weight is 477 g/mol. The van der Waals surface area contributed by atoms with Crippen LogP contribution in [0, 0.1) is 0 Å². The number of carbonyl (C=O) groups is 2. The highest BCUT2D eigenvalue weighted by Crippen LogP contribution is 2.22. The number of piperazine rings is 1. The van der Waals surface area contributed by atoms with Crippen molar-refractivity contribution in [1.82, 2.24) is 4.90 Å². The second-order valence-corrected chi connectivity index (χ2v) is 8.73. The van der Waals surface area contributed by atoms with Crippen molar-refractivity contribution in [2.24, 2.45) is 0 Å². The molecular formula is C27H29ClN4O2. The molecule has 1 aliphatic rings. The largest absolute Gasteiger partial charge is 0.368 e. The van der Waals surface area contributed by atoms with Crippen LogP contribution in [0.1, 0.15) is 18.4 Å². The first-order valence-electron chi connectivity index (χ1n) is 11.6. The van der Waals surface area contributed by atoms with Gasteiger partial charge in [-0.25, -0.2) is 4.79 Å². The third kappa shape index (κ3) is 6.51. The van der Waals surface area contributed by atoms with Crippen LogP contribution in [-0.2, 0) is 11.2 Å². The highest BCUT2D eigenvalue weighted by molar-refractivity contribution is 6.33. The van der Waals surface area contributed by atoms with E-state index in [1.165, 1.54) is 5.56 Å². The van der Waals surface area contributed by atoms with Crippen LogP contribution in [0.15, 0.2) is 78.9 Å². The minimum absolute atomic E-state index is 0.0295. The van der Waals surface area contributed by atoms with E-state index in [4.69, 9.17) is 11.6 Å². The van der Waals surface area contributed by atoms with Crippen molar-refractivity contribution in [3.63, 3.8) is 0 Å². The summed E-state index contributed by atoms with van der Waals surface area (Å²) in [4.78, 5) is 28.9. The van der Waals surface area contributed by atoms with E-state index in [0.29, 0.717) is 30.2 Å². The summed E-state index contributed by atoms with van der Waals surface area (Å²) in [6, 6.07) is 25.2. The van der Waals surface area contributed by atoms with E-state index in [-0.39, 0.29) is 11.9 Å². The molecule has 0 unspecified atom stereocenters. The monoisotopic (exact) mass is 476 g/mol. The molecule has 3 aromatic carbocycles. The molecule has 3 amide bonds. The summed E-state index contributed by atoms with van der Waals surface area (Å²) >= 11 is 6.14. The van der Waals surface area contributed by atoms with Gasteiger partial charge in [0.1, 0.15) is 0 Å². The Hall–Kier alpha value is -3.51. The van der Waals surface area contributed by atoms with Gasteiger partial charge >= 0.3 is 6.03 Å². The Morgan fingerprint density at radius 2 is 1.47 bits per heavy atom. The summed E-state index contributed by atoms with van der Waals surface area (Å²) < 4.78 is 0. The number of aryl methyl sites for hydroxylation is 1. The van der Waals surface area contributed by atoms with Crippen molar-refractivity contribution in [3.05, 3.63) is 89.4 Å². The molecule has 1 heterocycles. The van der Waals surface area contributed by atoms with Gasteiger partial charge in [0, 0.05) is 44.0 Å². The molecule has 3 aromatic rings. The van der Waals surface area contributed by atoms with Gasteiger partial charge in [-0.15, -0.1) is 0 Å². The van der Waals surface area contributed by atoms with Crippen molar-refractivity contribution in [2.75, 3.05) is 41.7 Å². The maximum Gasteiger partial charge on any atom is 0.322 e. The van der Waals surface area contributed by atoms with E-state index in [9.17, 15) is 9.59 Å². The second kappa shape index (κ2) is 11.6. The molecule has 2 N–H and O–H groups in total. The molecule has 7 heteroatoms. The minimum atomic E-state index is -0.141. The highest BCUT2D eigenvalue weighted by Gasteiger charge is 2.22. The Morgan fingerprint density at radius 1 is 0.794 bits per heavy atom. The van der Waals surface area contributed by atoms with Crippen molar-refractivity contribution >= 4 is 40.6 Å². The van der Waals surface area contributed by atoms with Gasteiger partial charge in [-0.05, 0) is 54.8 Å². The second-order valence-electron chi connectivity index (χ2n) is 8.32. The summed E-state index contributed by atoms with van der Waals surface area (Å²) in [5, 5.41) is 6.38. The number of nitrogens with zero attached hydrogens (tertiary/aromatic N) is 2. The molecule has 4 rings (SSSR count). The van der Waals surface area contributed by atoms with Gasteiger partial charge in [0.05, 0.1) is 10.7 Å². The molecule has 1 fully saturated rings. The third-order valence-electron chi connectivity index (χ3n) is 5.91. The van der Waals surface area contributed by atoms with Crippen LogP contribution in [-0.4, -0.2) is 43.0 Å². The number of amides is 3. The predicted octanol–water partition coefficient (Wildman–Crippen LogP) is 5.66. The number of benzene rings is 3. The normalized spacial score (nSPS) is 13.4. The number of carbonyl (C=O) groups excluding carboxylic acids is 2. The fourth-order valence-corrected chi connectivity index (χ4v) is 4.18. The van der Waals surface area contributed by atoms with Crippen LogP contribution in [0.2, 0.25) is 5.02 Å². The molecule has 0 saturated carbocycles. The van der Waals surface area contributed by atoms with Crippen LogP contribution >= 0.6 is 11.6 Å². The Balaban J connectivity index is 1.21. The molecule has 6 nitrogen and oxygen atoms in total. The quantitative estimate of drug-likeness (QED) is 0.462. The zero-order valence-corrected chi connectivity index (χ0v) is 19.8. The smallest absolute Gasteiger partial charge is 0.322 e. The highest BCUT2D eigenvalue weighted by atomic mass is 35.5. The summed E-state index contributed by atoms with van der Waals surface area (Å²) in [7, 11) is 0. The number of anilines is 3. The minimum Gasteiger partial charge on any atom is -0.368 e. The number of para-hydroxylation sites is 1. The predicted molar refractivity (Wildman–Crippen MR) is 139 cm³/mol. The van der Waals surface area contributed by atoms with Gasteiger partial charge < -0.3 is 20.4 Å². The lowest BCUT2D eigenvalue weighted by molar-refractivity contribution is -0.116. The van der Waals surface area contributed by atoms with Gasteiger partial charge in [-0.3, -0.25) is 4.79 Å². The fraction of sp³-hybridized carbons (Fsp3) is 0.259. The lowest BCUT2D eigenvalue weighted by Gasteiger charge is -2.36. The first-order chi connectivity index (χ1) is 16.6. The lowest BCUT2D eigenvalue weighted by atomic mass is 10.1. The summed E-state index contributed by atoms with van der Waals surface area (Å²) in [6.45, 7) is 2.72. The first kappa shape index (κ1) is 23.6. The average Bonchev–Trinajstić information content (AvgIpc) is 2.87. The number of urea groups is 1. The lowest BCUT2D eigenvalue weighted by Crippen LogP contribution is -2.50. The van der Waals surface area contributed by atoms with E-state index < -0.39 is 0 Å². The molecule has 0 aliphatic carbocycles. The molecule has 0 spiro atoms. The number of nitrogens with one attached hydrogen (secondary N) is 2. The van der Waals surface area contributed by atoms with Crippen LogP contribution in [0.5, 0.6) is 0 Å². The van der Waals surface area contributed by atoms with Crippen molar-refractivity contribution in [1.29, 1.82) is 0 Å². The van der Waals surface area contributed by atoms with Crippen LogP contribution in [0.4, 0.5) is 21.9 Å². The van der Waals surface area contributed by atoms with Gasteiger partial charge in [-0.2, -0.15) is 0 Å². The molecule has 1 saturated heterocycles. The molecule has 0 radical (unpaired) electrons. The number of hydrogen-bond acceptors (Lipinski definition) is 3. The molecule has 0 atom stereocenters. The zero-order chi connectivity index (χ0) is 23.8. The SMILES string of the molecule is O=C(CCCc1ccccc1)Nc1ccc(N2CCN(C(=O)Nc3ccccc3Cl)CC2)cc1. The zero-order valence-electron chi connectivity index (χ0n) is 19.0. The van der Waals surface area contributed by atoms with Crippen LogP contribution in [0.3, 0.4) is 0 Å². The van der Waals surface area contributed by atoms with Crippen molar-refractivity contribution in [2.45, 2.75) is 19.3 Å². The summed E-state index contributed by atoms with van der Waals surface area (Å²) in [5.41, 5.74) is 3.75. The van der Waals surface area contributed by atoms with E-state index in [0.717, 1.165) is 37.3 Å². The number of hydrogen-bond donors (Lipinski definition) is 2. The van der Waals surface area contributed by atoms with Gasteiger partial charge in [0.25, 0.3) is 0 Å². The molecule has 0 bridgehead atoms. The summed E-state index contributed by atoms with van der Waals surface area (Å²) in [6.07, 6.45) is 2.21. The van der Waals surface area contributed by atoms with Gasteiger partial charge in [0.2, 0.25) is 5.91 Å². The van der Waals surface area contributed by atoms with E-state index in [1.54, 1.807) is 17.0 Å². The Bertz CT molecular complexity index is 1100. The standard InChI is InChI=1S/C27H29ClN4O2/c28-24-10-4-5-11-25(24)30-27(34)32-19-17-31(18-20-32)23-15-13-22(14-16-23)29-26(33)12-6-9-21-7-2-1-3-8-21/h1-5,7-8,10-11,13-16H,6,9,12,17-20H2,(H,29,33)(H,30,34). The topological polar surface area (TPSA) is 64.7 Å². The van der Waals surface area contributed by atoms with E-state index in [1.807, 2.05) is 54.6 Å².